The van der Waals surface area contributed by atoms with Gasteiger partial charge in [0.25, 0.3) is 0 Å². The van der Waals surface area contributed by atoms with Crippen molar-refractivity contribution in [3.8, 4) is 5.75 Å². The van der Waals surface area contributed by atoms with Crippen molar-refractivity contribution in [3.63, 3.8) is 0 Å². The second-order valence-electron chi connectivity index (χ2n) is 6.67. The fourth-order valence-corrected chi connectivity index (χ4v) is 3.83. The van der Waals surface area contributed by atoms with E-state index in [4.69, 9.17) is 9.73 Å². The Labute approximate surface area is 194 Å². The van der Waals surface area contributed by atoms with E-state index in [1.165, 1.54) is 16.7 Å². The number of hydrogen-bond acceptors (Lipinski definition) is 4. The number of guanidine groups is 1. The lowest BCUT2D eigenvalue weighted by atomic mass is 10.2. The highest BCUT2D eigenvalue weighted by Gasteiger charge is 2.09. The van der Waals surface area contributed by atoms with Crippen LogP contribution in [-0.2, 0) is 17.8 Å². The zero-order chi connectivity index (χ0) is 20.5. The Kier molecular flexibility index (Phi) is 11.0. The molecule has 0 aliphatic carbocycles. The van der Waals surface area contributed by atoms with Gasteiger partial charge in [0.2, 0.25) is 5.91 Å². The van der Waals surface area contributed by atoms with E-state index in [9.17, 15) is 4.79 Å². The molecule has 1 heterocycles. The Morgan fingerprint density at radius 2 is 2.03 bits per heavy atom. The van der Waals surface area contributed by atoms with Gasteiger partial charge in [-0.1, -0.05) is 6.07 Å². The summed E-state index contributed by atoms with van der Waals surface area (Å²) >= 11 is 1.83. The van der Waals surface area contributed by atoms with Gasteiger partial charge < -0.3 is 20.7 Å². The van der Waals surface area contributed by atoms with E-state index in [2.05, 4.69) is 41.9 Å². The summed E-state index contributed by atoms with van der Waals surface area (Å²) in [5.74, 6) is 1.28. The first-order valence-electron chi connectivity index (χ1n) is 9.46. The number of amides is 1. The molecule has 1 atom stereocenters. The van der Waals surface area contributed by atoms with Crippen molar-refractivity contribution < 1.29 is 9.53 Å². The van der Waals surface area contributed by atoms with Gasteiger partial charge in [0.05, 0.1) is 19.3 Å². The molecule has 2 aromatic rings. The van der Waals surface area contributed by atoms with Crippen molar-refractivity contribution in [2.75, 3.05) is 19.0 Å². The normalized spacial score (nSPS) is 12.0. The first-order valence-corrected chi connectivity index (χ1v) is 10.3. The van der Waals surface area contributed by atoms with Crippen LogP contribution in [0.3, 0.4) is 0 Å². The van der Waals surface area contributed by atoms with E-state index < -0.39 is 0 Å². The van der Waals surface area contributed by atoms with E-state index in [0.29, 0.717) is 18.0 Å². The number of carbonyl (C=O) groups is 1. The van der Waals surface area contributed by atoms with Gasteiger partial charge in [-0.15, -0.1) is 35.3 Å². The van der Waals surface area contributed by atoms with Crippen LogP contribution in [0.4, 0.5) is 5.69 Å². The number of aliphatic imine (C=N–C) groups is 1. The van der Waals surface area contributed by atoms with Gasteiger partial charge in [-0.25, -0.2) is 4.99 Å². The smallest absolute Gasteiger partial charge is 0.221 e. The zero-order valence-corrected chi connectivity index (χ0v) is 20.8. The molecule has 29 heavy (non-hydrogen) atoms. The molecule has 6 nitrogen and oxygen atoms in total. The van der Waals surface area contributed by atoms with Gasteiger partial charge in [0, 0.05) is 35.7 Å². The van der Waals surface area contributed by atoms with Crippen molar-refractivity contribution in [2.24, 2.45) is 4.99 Å². The lowest BCUT2D eigenvalue weighted by molar-refractivity contribution is -0.114. The Hall–Kier alpha value is -1.81. The largest absolute Gasteiger partial charge is 0.495 e. The molecule has 1 unspecified atom stereocenters. The third-order valence-corrected chi connectivity index (χ3v) is 5.05. The third kappa shape index (κ3) is 8.61. The Bertz CT molecular complexity index is 823. The lowest BCUT2D eigenvalue weighted by Crippen LogP contribution is -2.43. The van der Waals surface area contributed by atoms with Gasteiger partial charge in [-0.05, 0) is 50.6 Å². The molecule has 160 valence electrons. The maximum Gasteiger partial charge on any atom is 0.221 e. The fourth-order valence-electron chi connectivity index (χ4n) is 2.81. The number of ether oxygens (including phenoxy) is 1. The lowest BCUT2D eigenvalue weighted by Gasteiger charge is -2.17. The van der Waals surface area contributed by atoms with Crippen LogP contribution in [0.2, 0.25) is 0 Å². The van der Waals surface area contributed by atoms with Crippen LogP contribution in [0, 0.1) is 6.92 Å². The number of hydrogen-bond donors (Lipinski definition) is 3. The maximum absolute atomic E-state index is 11.4. The molecule has 2 rings (SSSR count). The molecule has 8 heteroatoms. The number of anilines is 1. The number of carbonyl (C=O) groups excluding carboxylic acids is 1. The minimum Gasteiger partial charge on any atom is -0.495 e. The van der Waals surface area contributed by atoms with E-state index in [-0.39, 0.29) is 35.9 Å². The second kappa shape index (κ2) is 12.7. The number of aryl methyl sites for hydroxylation is 1. The van der Waals surface area contributed by atoms with E-state index in [0.717, 1.165) is 24.5 Å². The highest BCUT2D eigenvalue weighted by molar-refractivity contribution is 14.0. The minimum atomic E-state index is -0.133. The van der Waals surface area contributed by atoms with Crippen LogP contribution in [0.1, 0.15) is 36.1 Å². The molecule has 0 fully saturated rings. The van der Waals surface area contributed by atoms with Gasteiger partial charge in [-0.3, -0.25) is 4.79 Å². The highest BCUT2D eigenvalue weighted by Crippen LogP contribution is 2.25. The standard InChI is InChI=1S/C21H30N4O2S.HI/c1-6-22-21(24-14(2)11-18-9-7-15(3)28-18)23-13-17-8-10-20(27-5)19(12-17)25-16(4)26;/h7-10,12,14H,6,11,13H2,1-5H3,(H,25,26)(H2,22,23,24);1H. The predicted molar refractivity (Wildman–Crippen MR) is 133 cm³/mol. The third-order valence-electron chi connectivity index (χ3n) is 4.03. The van der Waals surface area contributed by atoms with Crippen LogP contribution in [0.5, 0.6) is 5.75 Å². The summed E-state index contributed by atoms with van der Waals surface area (Å²) in [6.45, 7) is 9.10. The van der Waals surface area contributed by atoms with Crippen LogP contribution < -0.4 is 20.7 Å². The molecule has 0 bridgehead atoms. The number of thiophene rings is 1. The number of nitrogens with one attached hydrogen (secondary N) is 3. The SMILES string of the molecule is CCNC(=NCc1ccc(OC)c(NC(C)=O)c1)NC(C)Cc1ccc(C)s1.I. The summed E-state index contributed by atoms with van der Waals surface area (Å²) < 4.78 is 5.30. The molecule has 0 radical (unpaired) electrons. The fraction of sp³-hybridized carbons (Fsp3) is 0.429. The summed E-state index contributed by atoms with van der Waals surface area (Å²) in [6.07, 6.45) is 0.956. The van der Waals surface area contributed by atoms with Crippen molar-refractivity contribution in [2.45, 2.75) is 46.7 Å². The quantitative estimate of drug-likeness (QED) is 0.270. The monoisotopic (exact) mass is 530 g/mol. The molecule has 0 aliphatic rings. The highest BCUT2D eigenvalue weighted by atomic mass is 127. The first-order chi connectivity index (χ1) is 13.4. The molecule has 0 saturated heterocycles. The molecule has 0 saturated carbocycles. The van der Waals surface area contributed by atoms with E-state index in [1.807, 2.05) is 36.5 Å². The van der Waals surface area contributed by atoms with Crippen molar-refractivity contribution in [1.29, 1.82) is 0 Å². The van der Waals surface area contributed by atoms with E-state index >= 15 is 0 Å². The van der Waals surface area contributed by atoms with Gasteiger partial charge in [0.1, 0.15) is 5.75 Å². The summed E-state index contributed by atoms with van der Waals surface area (Å²) in [7, 11) is 1.59. The molecule has 1 aromatic carbocycles. The Morgan fingerprint density at radius 3 is 2.62 bits per heavy atom. The molecule has 0 spiro atoms. The number of nitrogens with zero attached hydrogens (tertiary/aromatic N) is 1. The van der Waals surface area contributed by atoms with Crippen molar-refractivity contribution in [1.82, 2.24) is 10.6 Å². The van der Waals surface area contributed by atoms with Gasteiger partial charge in [-0.2, -0.15) is 0 Å². The number of rotatable bonds is 8. The number of halogens is 1. The molecule has 1 aromatic heterocycles. The second-order valence-corrected chi connectivity index (χ2v) is 8.05. The molecule has 1 amide bonds. The van der Waals surface area contributed by atoms with Gasteiger partial charge >= 0.3 is 0 Å². The topological polar surface area (TPSA) is 74.8 Å². The summed E-state index contributed by atoms with van der Waals surface area (Å²) in [6, 6.07) is 10.3. The van der Waals surface area contributed by atoms with Crippen LogP contribution in [-0.4, -0.2) is 31.6 Å². The summed E-state index contributed by atoms with van der Waals surface area (Å²) in [4.78, 5) is 18.8. The Morgan fingerprint density at radius 1 is 1.28 bits per heavy atom. The first kappa shape index (κ1) is 25.2. The average molecular weight is 530 g/mol. The van der Waals surface area contributed by atoms with Crippen LogP contribution in [0.25, 0.3) is 0 Å². The molecule has 3 N–H and O–H groups in total. The van der Waals surface area contributed by atoms with Crippen LogP contribution in [0.15, 0.2) is 35.3 Å². The van der Waals surface area contributed by atoms with Crippen LogP contribution >= 0.6 is 35.3 Å². The minimum absolute atomic E-state index is 0. The molecular formula is C21H31IN4O2S. The van der Waals surface area contributed by atoms with E-state index in [1.54, 1.807) is 7.11 Å². The summed E-state index contributed by atoms with van der Waals surface area (Å²) in [5.41, 5.74) is 1.64. The summed E-state index contributed by atoms with van der Waals surface area (Å²) in [5, 5.41) is 9.55. The Balaban J connectivity index is 0.00000420. The predicted octanol–water partition coefficient (Wildman–Crippen LogP) is 4.33. The average Bonchev–Trinajstić information content (AvgIpc) is 3.04. The number of methoxy groups -OCH3 is 1. The zero-order valence-electron chi connectivity index (χ0n) is 17.7. The number of benzene rings is 1. The van der Waals surface area contributed by atoms with Crippen molar-refractivity contribution in [3.05, 3.63) is 45.6 Å². The van der Waals surface area contributed by atoms with Crippen molar-refractivity contribution >= 4 is 52.9 Å². The van der Waals surface area contributed by atoms with Gasteiger partial charge in [0.15, 0.2) is 5.96 Å². The molecule has 0 aliphatic heterocycles. The maximum atomic E-state index is 11.4. The molecular weight excluding hydrogens is 499 g/mol.